The number of hydrogen-bond acceptors (Lipinski definition) is 7. The summed E-state index contributed by atoms with van der Waals surface area (Å²) in [5, 5.41) is 0. The van der Waals surface area contributed by atoms with Crippen LogP contribution < -0.4 is 4.74 Å². The van der Waals surface area contributed by atoms with Gasteiger partial charge < -0.3 is 14.2 Å². The second-order valence-electron chi connectivity index (χ2n) is 7.00. The highest BCUT2D eigenvalue weighted by Crippen LogP contribution is 2.19. The van der Waals surface area contributed by atoms with Gasteiger partial charge in [0.1, 0.15) is 5.75 Å². The third-order valence-electron chi connectivity index (χ3n) is 4.84. The van der Waals surface area contributed by atoms with Crippen molar-refractivity contribution >= 4 is 23.5 Å². The minimum Gasteiger partial charge on any atom is -0.497 e. The fourth-order valence-electron chi connectivity index (χ4n) is 3.01. The Morgan fingerprint density at radius 1 is 0.559 bits per heavy atom. The van der Waals surface area contributed by atoms with Gasteiger partial charge in [-0.05, 0) is 54.6 Å². The lowest BCUT2D eigenvalue weighted by Crippen LogP contribution is -2.15. The Balaban J connectivity index is 1.86. The van der Waals surface area contributed by atoms with Crippen LogP contribution in [0.3, 0.4) is 0 Å². The molecule has 0 saturated carbocycles. The summed E-state index contributed by atoms with van der Waals surface area (Å²) >= 11 is 0. The van der Waals surface area contributed by atoms with Crippen LogP contribution in [0.1, 0.15) is 52.6 Å². The summed E-state index contributed by atoms with van der Waals surface area (Å²) in [5.74, 6) is 3.79. The molecule has 0 saturated heterocycles. The zero-order chi connectivity index (χ0) is 24.7. The normalized spacial score (nSPS) is 9.85. The maximum atomic E-state index is 12.9. The topological polar surface area (TPSA) is 96.0 Å². The SMILES string of the molecule is COC(=O)c1ccc(C#Cc2cc(OC)cc(C(=O)C(=O)c3ccc(C(=O)OC)cc3)c2)cc1. The van der Waals surface area contributed by atoms with Crippen LogP contribution in [0.15, 0.2) is 66.7 Å². The van der Waals surface area contributed by atoms with Gasteiger partial charge in [0.2, 0.25) is 11.6 Å². The van der Waals surface area contributed by atoms with Crippen LogP contribution in [0, 0.1) is 11.8 Å². The molecule has 3 rings (SSSR count). The van der Waals surface area contributed by atoms with Gasteiger partial charge >= 0.3 is 11.9 Å². The van der Waals surface area contributed by atoms with E-state index < -0.39 is 23.5 Å². The van der Waals surface area contributed by atoms with Gasteiger partial charge in [-0.25, -0.2) is 9.59 Å². The maximum Gasteiger partial charge on any atom is 0.337 e. The number of rotatable bonds is 6. The van der Waals surface area contributed by atoms with E-state index >= 15 is 0 Å². The molecule has 0 heterocycles. The van der Waals surface area contributed by atoms with E-state index in [4.69, 9.17) is 4.74 Å². The Morgan fingerprint density at radius 2 is 1.03 bits per heavy atom. The van der Waals surface area contributed by atoms with Gasteiger partial charge in [0.15, 0.2) is 0 Å². The van der Waals surface area contributed by atoms with E-state index in [1.807, 2.05) is 0 Å². The molecule has 3 aromatic rings. The molecule has 0 aromatic heterocycles. The van der Waals surface area contributed by atoms with E-state index in [9.17, 15) is 19.2 Å². The number of methoxy groups -OCH3 is 3. The van der Waals surface area contributed by atoms with Crippen LogP contribution in [0.2, 0.25) is 0 Å². The monoisotopic (exact) mass is 456 g/mol. The van der Waals surface area contributed by atoms with Crippen molar-refractivity contribution < 1.29 is 33.4 Å². The predicted octanol–water partition coefficient (Wildman–Crippen LogP) is 3.73. The average molecular weight is 456 g/mol. The molecule has 0 aliphatic heterocycles. The maximum absolute atomic E-state index is 12.9. The van der Waals surface area contributed by atoms with Gasteiger partial charge in [-0.3, -0.25) is 9.59 Å². The molecule has 0 amide bonds. The fraction of sp³-hybridized carbons (Fsp3) is 0.111. The highest BCUT2D eigenvalue weighted by atomic mass is 16.5. The van der Waals surface area contributed by atoms with Gasteiger partial charge in [-0.2, -0.15) is 0 Å². The molecule has 0 atom stereocenters. The quantitative estimate of drug-likeness (QED) is 0.241. The van der Waals surface area contributed by atoms with E-state index in [1.165, 1.54) is 57.7 Å². The minimum atomic E-state index is -0.741. The largest absolute Gasteiger partial charge is 0.497 e. The average Bonchev–Trinajstić information content (AvgIpc) is 2.90. The zero-order valence-corrected chi connectivity index (χ0v) is 18.7. The number of carbonyl (C=O) groups is 4. The van der Waals surface area contributed by atoms with Crippen molar-refractivity contribution in [3.63, 3.8) is 0 Å². The van der Waals surface area contributed by atoms with E-state index in [0.29, 0.717) is 22.4 Å². The molecule has 0 unspecified atom stereocenters. The van der Waals surface area contributed by atoms with Gasteiger partial charge in [-0.15, -0.1) is 0 Å². The fourth-order valence-corrected chi connectivity index (χ4v) is 3.01. The molecule has 0 aliphatic carbocycles. The highest BCUT2D eigenvalue weighted by Gasteiger charge is 2.20. The molecule has 3 aromatic carbocycles. The third-order valence-corrected chi connectivity index (χ3v) is 4.84. The summed E-state index contributed by atoms with van der Waals surface area (Å²) in [6, 6.07) is 16.8. The van der Waals surface area contributed by atoms with Gasteiger partial charge in [0, 0.05) is 22.3 Å². The Bertz CT molecular complexity index is 1310. The van der Waals surface area contributed by atoms with Crippen molar-refractivity contribution in [3.8, 4) is 17.6 Å². The van der Waals surface area contributed by atoms with E-state index in [0.717, 1.165) is 0 Å². The van der Waals surface area contributed by atoms with Crippen molar-refractivity contribution in [2.75, 3.05) is 21.3 Å². The molecule has 0 spiro atoms. The molecule has 34 heavy (non-hydrogen) atoms. The molecule has 170 valence electrons. The highest BCUT2D eigenvalue weighted by molar-refractivity contribution is 6.49. The minimum absolute atomic E-state index is 0.117. The second-order valence-corrected chi connectivity index (χ2v) is 7.00. The van der Waals surface area contributed by atoms with Crippen LogP contribution in [0.25, 0.3) is 0 Å². The number of ether oxygens (including phenoxy) is 3. The molecule has 0 fully saturated rings. The zero-order valence-electron chi connectivity index (χ0n) is 18.7. The van der Waals surface area contributed by atoms with Crippen molar-refractivity contribution in [2.24, 2.45) is 0 Å². The number of benzene rings is 3. The molecular formula is C27H20O7. The third kappa shape index (κ3) is 5.56. The number of ketones is 2. The Morgan fingerprint density at radius 3 is 1.56 bits per heavy atom. The van der Waals surface area contributed by atoms with Gasteiger partial charge in [-0.1, -0.05) is 24.0 Å². The first-order valence-electron chi connectivity index (χ1n) is 10.0. The van der Waals surface area contributed by atoms with E-state index in [2.05, 4.69) is 21.3 Å². The first kappa shape index (κ1) is 24.0. The Hall–Kier alpha value is -4.70. The number of carbonyl (C=O) groups excluding carboxylic acids is 4. The predicted molar refractivity (Wildman–Crippen MR) is 123 cm³/mol. The lowest BCUT2D eigenvalue weighted by Gasteiger charge is -2.06. The molecule has 0 bridgehead atoms. The Kier molecular flexibility index (Phi) is 7.57. The van der Waals surface area contributed by atoms with Crippen molar-refractivity contribution in [1.29, 1.82) is 0 Å². The summed E-state index contributed by atoms with van der Waals surface area (Å²) in [6.45, 7) is 0. The lowest BCUT2D eigenvalue weighted by atomic mass is 9.98. The van der Waals surface area contributed by atoms with E-state index in [1.54, 1.807) is 30.3 Å². The number of esters is 2. The standard InChI is InChI=1S/C27H20O7/c1-32-23-15-18(5-4-17-6-8-20(9-7-17)26(30)33-2)14-22(16-23)25(29)24(28)19-10-12-21(13-11-19)27(31)34-3/h6-16H,1-3H3. The van der Waals surface area contributed by atoms with Crippen molar-refractivity contribution in [1.82, 2.24) is 0 Å². The first-order valence-corrected chi connectivity index (χ1v) is 10.0. The second kappa shape index (κ2) is 10.7. The van der Waals surface area contributed by atoms with Crippen molar-refractivity contribution in [2.45, 2.75) is 0 Å². The molecular weight excluding hydrogens is 436 g/mol. The van der Waals surface area contributed by atoms with Gasteiger partial charge in [0.05, 0.1) is 32.5 Å². The van der Waals surface area contributed by atoms with Crippen LogP contribution >= 0.6 is 0 Å². The molecule has 0 N–H and O–H groups in total. The summed E-state index contributed by atoms with van der Waals surface area (Å²) in [5.41, 5.74) is 2.04. The molecule has 7 heteroatoms. The van der Waals surface area contributed by atoms with E-state index in [-0.39, 0.29) is 16.7 Å². The summed E-state index contributed by atoms with van der Waals surface area (Å²) in [6.07, 6.45) is 0. The van der Waals surface area contributed by atoms with Crippen LogP contribution in [-0.4, -0.2) is 44.8 Å². The van der Waals surface area contributed by atoms with Crippen LogP contribution in [0.5, 0.6) is 5.75 Å². The summed E-state index contributed by atoms with van der Waals surface area (Å²) in [7, 11) is 4.01. The molecule has 0 radical (unpaired) electrons. The smallest absolute Gasteiger partial charge is 0.337 e. The van der Waals surface area contributed by atoms with Crippen LogP contribution in [-0.2, 0) is 9.47 Å². The van der Waals surface area contributed by atoms with Gasteiger partial charge in [0.25, 0.3) is 0 Å². The molecule has 0 aliphatic rings. The number of Topliss-reactive ketones (excluding diaryl/α,β-unsaturated/α-hetero) is 2. The van der Waals surface area contributed by atoms with Crippen LogP contribution in [0.4, 0.5) is 0 Å². The number of hydrogen-bond donors (Lipinski definition) is 0. The summed E-state index contributed by atoms with van der Waals surface area (Å²) < 4.78 is 14.6. The molecule has 7 nitrogen and oxygen atoms in total. The first-order chi connectivity index (χ1) is 16.4. The Labute approximate surface area is 196 Å². The van der Waals surface area contributed by atoms with Crippen molar-refractivity contribution in [3.05, 3.63) is 100 Å². The lowest BCUT2D eigenvalue weighted by molar-refractivity contribution is 0.0592. The summed E-state index contributed by atoms with van der Waals surface area (Å²) in [4.78, 5) is 48.7.